The van der Waals surface area contributed by atoms with Gasteiger partial charge in [0.1, 0.15) is 12.2 Å². The van der Waals surface area contributed by atoms with E-state index in [9.17, 15) is 9.59 Å². The molecule has 0 radical (unpaired) electrons. The molecule has 2 aromatic carbocycles. The van der Waals surface area contributed by atoms with Crippen molar-refractivity contribution in [2.45, 2.75) is 6.61 Å². The Hall–Kier alpha value is -3.08. The summed E-state index contributed by atoms with van der Waals surface area (Å²) in [6, 6.07) is 18.6. The van der Waals surface area contributed by atoms with E-state index in [-0.39, 0.29) is 12.5 Å². The lowest BCUT2D eigenvalue weighted by Gasteiger charge is -2.10. The molecule has 1 heterocycles. The van der Waals surface area contributed by atoms with Gasteiger partial charge in [0.25, 0.3) is 5.56 Å². The second-order valence-electron chi connectivity index (χ2n) is 4.75. The van der Waals surface area contributed by atoms with Gasteiger partial charge in [-0.05, 0) is 11.1 Å². The van der Waals surface area contributed by atoms with Crippen LogP contribution >= 0.6 is 0 Å². The van der Waals surface area contributed by atoms with Gasteiger partial charge in [-0.3, -0.25) is 14.8 Å². The van der Waals surface area contributed by atoms with Crippen molar-refractivity contribution >= 4 is 0 Å². The maximum absolute atomic E-state index is 12.1. The fourth-order valence-corrected chi connectivity index (χ4v) is 2.17. The normalized spacial score (nSPS) is 10.4. The first-order valence-electron chi connectivity index (χ1n) is 6.83. The second-order valence-corrected chi connectivity index (χ2v) is 4.75. The highest BCUT2D eigenvalue weighted by molar-refractivity contribution is 5.67. The second kappa shape index (κ2) is 6.13. The van der Waals surface area contributed by atoms with Crippen LogP contribution in [0.15, 0.2) is 70.3 Å². The molecule has 0 aliphatic rings. The van der Waals surface area contributed by atoms with Crippen molar-refractivity contribution in [3.63, 3.8) is 0 Å². The predicted molar refractivity (Wildman–Crippen MR) is 83.9 cm³/mol. The summed E-state index contributed by atoms with van der Waals surface area (Å²) in [6.07, 6.45) is 0. The fraction of sp³-hybridized carbons (Fsp3) is 0.0588. The maximum atomic E-state index is 12.1. The van der Waals surface area contributed by atoms with Crippen LogP contribution in [0.2, 0.25) is 0 Å². The quantitative estimate of drug-likeness (QED) is 0.775. The number of benzene rings is 2. The average Bonchev–Trinajstić information content (AvgIpc) is 2.54. The van der Waals surface area contributed by atoms with E-state index < -0.39 is 11.2 Å². The van der Waals surface area contributed by atoms with Crippen molar-refractivity contribution in [1.29, 1.82) is 0 Å². The van der Waals surface area contributed by atoms with Gasteiger partial charge in [-0.1, -0.05) is 60.7 Å². The smallest absolute Gasteiger partial charge is 0.328 e. The third-order valence-electron chi connectivity index (χ3n) is 3.20. The van der Waals surface area contributed by atoms with Crippen molar-refractivity contribution in [3.05, 3.63) is 87.1 Å². The minimum absolute atomic E-state index is 0.170. The Labute approximate surface area is 126 Å². The minimum atomic E-state index is -0.590. The zero-order chi connectivity index (χ0) is 15.4. The molecule has 0 fully saturated rings. The monoisotopic (exact) mass is 294 g/mol. The predicted octanol–water partition coefficient (Wildman–Crippen LogP) is 2.31. The van der Waals surface area contributed by atoms with Crippen LogP contribution in [0.5, 0.6) is 5.88 Å². The molecule has 0 aliphatic heterocycles. The van der Waals surface area contributed by atoms with Gasteiger partial charge in [-0.25, -0.2) is 4.79 Å². The molecule has 3 aromatic rings. The summed E-state index contributed by atoms with van der Waals surface area (Å²) in [7, 11) is 0. The molecule has 0 spiro atoms. The average molecular weight is 294 g/mol. The molecule has 22 heavy (non-hydrogen) atoms. The van der Waals surface area contributed by atoms with E-state index in [1.165, 1.54) is 0 Å². The lowest BCUT2D eigenvalue weighted by Crippen LogP contribution is -2.24. The largest absolute Gasteiger partial charge is 0.473 e. The number of rotatable bonds is 4. The number of aromatic nitrogens is 2. The first-order chi connectivity index (χ1) is 10.7. The molecule has 5 nitrogen and oxygen atoms in total. The van der Waals surface area contributed by atoms with Crippen LogP contribution in [-0.2, 0) is 6.61 Å². The lowest BCUT2D eigenvalue weighted by atomic mass is 10.1. The number of H-pyrrole nitrogens is 2. The molecule has 0 saturated heterocycles. The topological polar surface area (TPSA) is 75.0 Å². The van der Waals surface area contributed by atoms with Crippen LogP contribution in [0.3, 0.4) is 0 Å². The Morgan fingerprint density at radius 2 is 1.45 bits per heavy atom. The van der Waals surface area contributed by atoms with Crippen LogP contribution in [0.1, 0.15) is 5.56 Å². The highest BCUT2D eigenvalue weighted by Crippen LogP contribution is 2.23. The van der Waals surface area contributed by atoms with Crippen molar-refractivity contribution < 1.29 is 4.74 Å². The number of hydrogen-bond acceptors (Lipinski definition) is 3. The molecular weight excluding hydrogens is 280 g/mol. The van der Waals surface area contributed by atoms with Crippen LogP contribution in [0.25, 0.3) is 11.1 Å². The van der Waals surface area contributed by atoms with E-state index in [1.807, 2.05) is 48.5 Å². The van der Waals surface area contributed by atoms with Crippen molar-refractivity contribution in [2.24, 2.45) is 0 Å². The van der Waals surface area contributed by atoms with Gasteiger partial charge in [-0.15, -0.1) is 0 Å². The Morgan fingerprint density at radius 1 is 0.818 bits per heavy atom. The molecule has 110 valence electrons. The highest BCUT2D eigenvalue weighted by Gasteiger charge is 2.13. The van der Waals surface area contributed by atoms with Crippen molar-refractivity contribution in [3.8, 4) is 17.0 Å². The third kappa shape index (κ3) is 2.98. The van der Waals surface area contributed by atoms with Crippen molar-refractivity contribution in [2.75, 3.05) is 0 Å². The Bertz CT molecular complexity index is 868. The standard InChI is InChI=1S/C17H14N2O3/c20-15-14(13-9-5-2-6-10-13)16(19-17(21)18-15)22-11-12-7-3-1-4-8-12/h1-10H,11H2,(H2,18,19,20,21). The van der Waals surface area contributed by atoms with Gasteiger partial charge in [0, 0.05) is 0 Å². The number of ether oxygens (including phenoxy) is 1. The first kappa shape index (κ1) is 13.9. The van der Waals surface area contributed by atoms with Crippen LogP contribution < -0.4 is 16.0 Å². The fourth-order valence-electron chi connectivity index (χ4n) is 2.17. The van der Waals surface area contributed by atoms with Crippen LogP contribution in [-0.4, -0.2) is 9.97 Å². The summed E-state index contributed by atoms with van der Waals surface area (Å²) in [6.45, 7) is 0.264. The molecule has 2 N–H and O–H groups in total. The summed E-state index contributed by atoms with van der Waals surface area (Å²) in [5, 5.41) is 0. The summed E-state index contributed by atoms with van der Waals surface area (Å²) < 4.78 is 5.66. The van der Waals surface area contributed by atoms with Crippen LogP contribution in [0, 0.1) is 0 Å². The van der Waals surface area contributed by atoms with Gasteiger partial charge < -0.3 is 4.74 Å². The van der Waals surface area contributed by atoms with E-state index in [4.69, 9.17) is 4.74 Å². The Morgan fingerprint density at radius 3 is 2.14 bits per heavy atom. The van der Waals surface area contributed by atoms with Crippen LogP contribution in [0.4, 0.5) is 0 Å². The molecule has 1 aromatic heterocycles. The van der Waals surface area contributed by atoms with E-state index >= 15 is 0 Å². The molecule has 0 unspecified atom stereocenters. The lowest BCUT2D eigenvalue weighted by molar-refractivity contribution is 0.293. The maximum Gasteiger partial charge on any atom is 0.328 e. The highest BCUT2D eigenvalue weighted by atomic mass is 16.5. The Balaban J connectivity index is 2.00. The summed E-state index contributed by atoms with van der Waals surface area (Å²) >= 11 is 0. The zero-order valence-electron chi connectivity index (χ0n) is 11.7. The molecule has 0 amide bonds. The zero-order valence-corrected chi connectivity index (χ0v) is 11.7. The number of aromatic amines is 2. The van der Waals surface area contributed by atoms with E-state index in [2.05, 4.69) is 9.97 Å². The third-order valence-corrected chi connectivity index (χ3v) is 3.20. The molecule has 5 heteroatoms. The van der Waals surface area contributed by atoms with Crippen molar-refractivity contribution in [1.82, 2.24) is 9.97 Å². The van der Waals surface area contributed by atoms with Gasteiger partial charge in [-0.2, -0.15) is 0 Å². The first-order valence-corrected chi connectivity index (χ1v) is 6.83. The molecule has 0 saturated carbocycles. The molecule has 0 aliphatic carbocycles. The number of nitrogens with one attached hydrogen (secondary N) is 2. The summed E-state index contributed by atoms with van der Waals surface area (Å²) in [5.74, 6) is 0.170. The molecule has 0 atom stereocenters. The van der Waals surface area contributed by atoms with E-state index in [1.54, 1.807) is 12.1 Å². The molecule has 3 rings (SSSR count). The van der Waals surface area contributed by atoms with Gasteiger partial charge >= 0.3 is 5.69 Å². The van der Waals surface area contributed by atoms with E-state index in [0.717, 1.165) is 5.56 Å². The Kier molecular flexibility index (Phi) is 3.87. The minimum Gasteiger partial charge on any atom is -0.473 e. The van der Waals surface area contributed by atoms with Gasteiger partial charge in [0.05, 0.1) is 0 Å². The summed E-state index contributed by atoms with van der Waals surface area (Å²) in [4.78, 5) is 28.4. The molecular formula is C17H14N2O3. The van der Waals surface area contributed by atoms with Gasteiger partial charge in [0.15, 0.2) is 0 Å². The SMILES string of the molecule is O=c1[nH]c(OCc2ccccc2)c(-c2ccccc2)c(=O)[nH]1. The molecule has 0 bridgehead atoms. The van der Waals surface area contributed by atoms with Gasteiger partial charge in [0.2, 0.25) is 5.88 Å². The number of hydrogen-bond donors (Lipinski definition) is 2. The summed E-state index contributed by atoms with van der Waals surface area (Å²) in [5.41, 5.74) is 0.882. The van der Waals surface area contributed by atoms with E-state index in [0.29, 0.717) is 11.1 Å².